The Morgan fingerprint density at radius 3 is 2.74 bits per heavy atom. The van der Waals surface area contributed by atoms with Crippen LogP contribution >= 0.6 is 0 Å². The molecule has 104 valence electrons. The molecule has 1 aromatic carbocycles. The zero-order chi connectivity index (χ0) is 13.5. The highest BCUT2D eigenvalue weighted by Gasteiger charge is 2.15. The smallest absolute Gasteiger partial charge is 0.137 e. The van der Waals surface area contributed by atoms with E-state index >= 15 is 0 Å². The van der Waals surface area contributed by atoms with E-state index in [1.54, 1.807) is 0 Å². The SMILES string of the molecule is CCCCCCCOc1ccc2c(c1)CC(=O)CC2. The first kappa shape index (κ1) is 14.1. The van der Waals surface area contributed by atoms with Gasteiger partial charge in [0.2, 0.25) is 0 Å². The number of carbonyl (C=O) groups is 1. The highest BCUT2D eigenvalue weighted by molar-refractivity contribution is 5.83. The minimum absolute atomic E-state index is 0.351. The molecule has 0 aromatic heterocycles. The topological polar surface area (TPSA) is 26.3 Å². The van der Waals surface area contributed by atoms with Crippen molar-refractivity contribution >= 4 is 5.78 Å². The number of rotatable bonds is 7. The van der Waals surface area contributed by atoms with Crippen LogP contribution in [0.3, 0.4) is 0 Å². The van der Waals surface area contributed by atoms with Gasteiger partial charge in [0.1, 0.15) is 11.5 Å². The van der Waals surface area contributed by atoms with Gasteiger partial charge < -0.3 is 4.74 Å². The lowest BCUT2D eigenvalue weighted by Crippen LogP contribution is -2.13. The third-order valence-electron chi connectivity index (χ3n) is 3.76. The summed E-state index contributed by atoms with van der Waals surface area (Å²) in [5, 5.41) is 0. The van der Waals surface area contributed by atoms with Gasteiger partial charge >= 0.3 is 0 Å². The largest absolute Gasteiger partial charge is 0.494 e. The number of benzene rings is 1. The number of fused-ring (bicyclic) bond motifs is 1. The zero-order valence-electron chi connectivity index (χ0n) is 11.9. The van der Waals surface area contributed by atoms with Crippen LogP contribution in [0.2, 0.25) is 0 Å². The minimum Gasteiger partial charge on any atom is -0.494 e. The van der Waals surface area contributed by atoms with Crippen LogP contribution in [0.25, 0.3) is 0 Å². The Balaban J connectivity index is 1.78. The summed E-state index contributed by atoms with van der Waals surface area (Å²) in [6.07, 6.45) is 8.45. The number of aryl methyl sites for hydroxylation is 1. The zero-order valence-corrected chi connectivity index (χ0v) is 11.9. The van der Waals surface area contributed by atoms with E-state index in [4.69, 9.17) is 4.74 Å². The molecule has 0 heterocycles. The summed E-state index contributed by atoms with van der Waals surface area (Å²) in [5.74, 6) is 1.27. The van der Waals surface area contributed by atoms with Gasteiger partial charge in [0, 0.05) is 12.8 Å². The number of hydrogen-bond acceptors (Lipinski definition) is 2. The second kappa shape index (κ2) is 7.32. The van der Waals surface area contributed by atoms with Crippen molar-refractivity contribution < 1.29 is 9.53 Å². The van der Waals surface area contributed by atoms with Gasteiger partial charge in [-0.2, -0.15) is 0 Å². The average molecular weight is 260 g/mol. The molecule has 19 heavy (non-hydrogen) atoms. The quantitative estimate of drug-likeness (QED) is 0.690. The van der Waals surface area contributed by atoms with E-state index in [-0.39, 0.29) is 0 Å². The lowest BCUT2D eigenvalue weighted by Gasteiger charge is -2.16. The van der Waals surface area contributed by atoms with Gasteiger partial charge in [-0.15, -0.1) is 0 Å². The number of ketones is 1. The standard InChI is InChI=1S/C17H24O2/c1-2-3-4-5-6-11-19-17-10-8-14-7-9-16(18)12-15(14)13-17/h8,10,13H,2-7,9,11-12H2,1H3. The first-order valence-corrected chi connectivity index (χ1v) is 7.56. The van der Waals surface area contributed by atoms with Crippen molar-refractivity contribution in [1.29, 1.82) is 0 Å². The summed E-state index contributed by atoms with van der Waals surface area (Å²) in [6, 6.07) is 6.22. The normalized spacial score (nSPS) is 14.3. The Kier molecular flexibility index (Phi) is 5.44. The van der Waals surface area contributed by atoms with Crippen molar-refractivity contribution in [3.05, 3.63) is 29.3 Å². The van der Waals surface area contributed by atoms with Crippen molar-refractivity contribution in [2.45, 2.75) is 58.3 Å². The van der Waals surface area contributed by atoms with Crippen LogP contribution in [0.5, 0.6) is 5.75 Å². The molecule has 0 fully saturated rings. The highest BCUT2D eigenvalue weighted by atomic mass is 16.5. The molecular formula is C17H24O2. The van der Waals surface area contributed by atoms with Gasteiger partial charge in [-0.3, -0.25) is 4.79 Å². The predicted molar refractivity (Wildman–Crippen MR) is 77.7 cm³/mol. The molecule has 1 aromatic rings. The van der Waals surface area contributed by atoms with E-state index < -0.39 is 0 Å². The molecule has 0 saturated carbocycles. The van der Waals surface area contributed by atoms with Gasteiger partial charge in [0.25, 0.3) is 0 Å². The monoisotopic (exact) mass is 260 g/mol. The first-order chi connectivity index (χ1) is 9.29. The van der Waals surface area contributed by atoms with E-state index in [1.807, 2.05) is 6.07 Å². The van der Waals surface area contributed by atoms with Gasteiger partial charge in [0.05, 0.1) is 6.61 Å². The molecule has 0 aliphatic heterocycles. The Morgan fingerprint density at radius 2 is 1.89 bits per heavy atom. The molecule has 0 radical (unpaired) electrons. The van der Waals surface area contributed by atoms with Crippen LogP contribution in [-0.4, -0.2) is 12.4 Å². The summed E-state index contributed by atoms with van der Waals surface area (Å²) in [4.78, 5) is 11.5. The predicted octanol–water partition coefficient (Wildman–Crippen LogP) is 4.09. The minimum atomic E-state index is 0.351. The van der Waals surface area contributed by atoms with Crippen molar-refractivity contribution in [2.75, 3.05) is 6.61 Å². The third kappa shape index (κ3) is 4.38. The van der Waals surface area contributed by atoms with Crippen molar-refractivity contribution in [3.63, 3.8) is 0 Å². The molecule has 0 saturated heterocycles. The van der Waals surface area contributed by atoms with Crippen LogP contribution in [0.1, 0.15) is 56.6 Å². The molecule has 1 aliphatic carbocycles. The van der Waals surface area contributed by atoms with Crippen LogP contribution in [-0.2, 0) is 17.6 Å². The van der Waals surface area contributed by atoms with Gasteiger partial charge in [-0.25, -0.2) is 0 Å². The van der Waals surface area contributed by atoms with Crippen molar-refractivity contribution in [1.82, 2.24) is 0 Å². The first-order valence-electron chi connectivity index (χ1n) is 7.56. The second-order valence-electron chi connectivity index (χ2n) is 5.41. The fraction of sp³-hybridized carbons (Fsp3) is 0.588. The number of ether oxygens (including phenoxy) is 1. The number of Topliss-reactive ketones (excluding diaryl/α,β-unsaturated/α-hetero) is 1. The number of hydrogen-bond donors (Lipinski definition) is 0. The summed E-state index contributed by atoms with van der Waals surface area (Å²) in [5.41, 5.74) is 2.48. The van der Waals surface area contributed by atoms with E-state index in [2.05, 4.69) is 19.1 Å². The maximum absolute atomic E-state index is 11.5. The van der Waals surface area contributed by atoms with Crippen LogP contribution in [0, 0.1) is 0 Å². The number of unbranched alkanes of at least 4 members (excludes halogenated alkanes) is 4. The molecule has 0 N–H and O–H groups in total. The maximum Gasteiger partial charge on any atom is 0.137 e. The lowest BCUT2D eigenvalue weighted by molar-refractivity contribution is -0.118. The molecule has 0 atom stereocenters. The fourth-order valence-corrected chi connectivity index (χ4v) is 2.57. The van der Waals surface area contributed by atoms with E-state index in [1.165, 1.54) is 36.8 Å². The molecule has 0 bridgehead atoms. The van der Waals surface area contributed by atoms with E-state index in [0.29, 0.717) is 18.6 Å². The summed E-state index contributed by atoms with van der Waals surface area (Å²) >= 11 is 0. The molecule has 2 heteroatoms. The molecule has 0 unspecified atom stereocenters. The van der Waals surface area contributed by atoms with Crippen LogP contribution in [0.4, 0.5) is 0 Å². The molecule has 0 spiro atoms. The van der Waals surface area contributed by atoms with E-state index in [0.717, 1.165) is 25.2 Å². The van der Waals surface area contributed by atoms with Gasteiger partial charge in [-0.05, 0) is 36.1 Å². The molecular weight excluding hydrogens is 236 g/mol. The summed E-state index contributed by atoms with van der Waals surface area (Å²) in [7, 11) is 0. The highest BCUT2D eigenvalue weighted by Crippen LogP contribution is 2.24. The molecule has 2 nitrogen and oxygen atoms in total. The maximum atomic E-state index is 11.5. The Bertz CT molecular complexity index is 423. The molecule has 1 aliphatic rings. The number of carbonyl (C=O) groups excluding carboxylic acids is 1. The van der Waals surface area contributed by atoms with Crippen molar-refractivity contribution in [2.24, 2.45) is 0 Å². The Morgan fingerprint density at radius 1 is 1.05 bits per heavy atom. The van der Waals surface area contributed by atoms with Gasteiger partial charge in [0.15, 0.2) is 0 Å². The average Bonchev–Trinajstić information content (AvgIpc) is 2.42. The molecule has 2 rings (SSSR count). The summed E-state index contributed by atoms with van der Waals surface area (Å²) < 4.78 is 5.78. The fourth-order valence-electron chi connectivity index (χ4n) is 2.57. The summed E-state index contributed by atoms with van der Waals surface area (Å²) in [6.45, 7) is 3.02. The second-order valence-corrected chi connectivity index (χ2v) is 5.41. The lowest BCUT2D eigenvalue weighted by atomic mass is 9.91. The van der Waals surface area contributed by atoms with Crippen molar-refractivity contribution in [3.8, 4) is 5.75 Å². The Labute approximate surface area is 116 Å². The van der Waals surface area contributed by atoms with E-state index in [9.17, 15) is 4.79 Å². The van der Waals surface area contributed by atoms with Gasteiger partial charge in [-0.1, -0.05) is 38.7 Å². The Hall–Kier alpha value is -1.31. The van der Waals surface area contributed by atoms with Crippen LogP contribution < -0.4 is 4.74 Å². The third-order valence-corrected chi connectivity index (χ3v) is 3.76. The van der Waals surface area contributed by atoms with Crippen LogP contribution in [0.15, 0.2) is 18.2 Å². The molecule has 0 amide bonds.